The SMILES string of the molecule is CN(C)CCCNC(=O)NNCc1ccccn1. The van der Waals surface area contributed by atoms with Crippen molar-refractivity contribution in [2.75, 3.05) is 27.2 Å². The van der Waals surface area contributed by atoms with E-state index in [-0.39, 0.29) is 6.03 Å². The Labute approximate surface area is 108 Å². The van der Waals surface area contributed by atoms with Crippen LogP contribution in [0.5, 0.6) is 0 Å². The summed E-state index contributed by atoms with van der Waals surface area (Å²) in [5, 5.41) is 2.76. The summed E-state index contributed by atoms with van der Waals surface area (Å²) in [6, 6.07) is 5.44. The highest BCUT2D eigenvalue weighted by Gasteiger charge is 1.99. The molecule has 100 valence electrons. The Morgan fingerprint density at radius 3 is 2.89 bits per heavy atom. The van der Waals surface area contributed by atoms with Crippen LogP contribution in [0.4, 0.5) is 4.79 Å². The van der Waals surface area contributed by atoms with Crippen molar-refractivity contribution in [1.82, 2.24) is 26.1 Å². The highest BCUT2D eigenvalue weighted by molar-refractivity contribution is 5.73. The molecule has 0 aliphatic carbocycles. The lowest BCUT2D eigenvalue weighted by Crippen LogP contribution is -2.44. The van der Waals surface area contributed by atoms with Gasteiger partial charge in [-0.05, 0) is 39.2 Å². The molecule has 2 amide bonds. The molecule has 0 aliphatic heterocycles. The van der Waals surface area contributed by atoms with Gasteiger partial charge in [-0.1, -0.05) is 6.07 Å². The van der Waals surface area contributed by atoms with Crippen LogP contribution in [0.1, 0.15) is 12.1 Å². The van der Waals surface area contributed by atoms with Gasteiger partial charge < -0.3 is 10.2 Å². The molecule has 0 fully saturated rings. The summed E-state index contributed by atoms with van der Waals surface area (Å²) in [6.45, 7) is 2.13. The monoisotopic (exact) mass is 251 g/mol. The number of rotatable bonds is 7. The van der Waals surface area contributed by atoms with Gasteiger partial charge in [0.1, 0.15) is 0 Å². The number of hydrazine groups is 1. The smallest absolute Gasteiger partial charge is 0.329 e. The molecule has 3 N–H and O–H groups in total. The number of hydrogen-bond acceptors (Lipinski definition) is 4. The number of nitrogens with one attached hydrogen (secondary N) is 3. The molecule has 1 heterocycles. The zero-order valence-electron chi connectivity index (χ0n) is 10.9. The molecule has 0 aliphatic rings. The van der Waals surface area contributed by atoms with E-state index in [0.717, 1.165) is 18.7 Å². The van der Waals surface area contributed by atoms with Crippen molar-refractivity contribution in [2.24, 2.45) is 0 Å². The van der Waals surface area contributed by atoms with Crippen LogP contribution in [-0.4, -0.2) is 43.1 Å². The predicted molar refractivity (Wildman–Crippen MR) is 70.8 cm³/mol. The average Bonchev–Trinajstić information content (AvgIpc) is 2.36. The summed E-state index contributed by atoms with van der Waals surface area (Å²) in [5.41, 5.74) is 6.26. The molecule has 0 bridgehead atoms. The van der Waals surface area contributed by atoms with Crippen molar-refractivity contribution in [2.45, 2.75) is 13.0 Å². The third kappa shape index (κ3) is 6.82. The molecule has 0 saturated heterocycles. The van der Waals surface area contributed by atoms with E-state index in [1.54, 1.807) is 6.20 Å². The van der Waals surface area contributed by atoms with E-state index in [4.69, 9.17) is 0 Å². The van der Waals surface area contributed by atoms with E-state index < -0.39 is 0 Å². The number of urea groups is 1. The number of carbonyl (C=O) groups excluding carboxylic acids is 1. The van der Waals surface area contributed by atoms with Gasteiger partial charge in [0.25, 0.3) is 0 Å². The Kier molecular flexibility index (Phi) is 6.75. The lowest BCUT2D eigenvalue weighted by Gasteiger charge is -2.11. The van der Waals surface area contributed by atoms with Gasteiger partial charge in [0.15, 0.2) is 0 Å². The fourth-order valence-corrected chi connectivity index (χ4v) is 1.36. The fraction of sp³-hybridized carbons (Fsp3) is 0.500. The van der Waals surface area contributed by atoms with Crippen LogP contribution in [0, 0.1) is 0 Å². The lowest BCUT2D eigenvalue weighted by atomic mass is 10.4. The zero-order valence-corrected chi connectivity index (χ0v) is 10.9. The third-order valence-corrected chi connectivity index (χ3v) is 2.27. The molecular weight excluding hydrogens is 230 g/mol. The van der Waals surface area contributed by atoms with Crippen molar-refractivity contribution in [1.29, 1.82) is 0 Å². The number of hydrogen-bond donors (Lipinski definition) is 3. The Hall–Kier alpha value is -1.66. The van der Waals surface area contributed by atoms with Crippen LogP contribution in [0.2, 0.25) is 0 Å². The first-order valence-electron chi connectivity index (χ1n) is 6.00. The number of aromatic nitrogens is 1. The Morgan fingerprint density at radius 1 is 1.39 bits per heavy atom. The molecule has 1 aromatic rings. The van der Waals surface area contributed by atoms with Crippen molar-refractivity contribution >= 4 is 6.03 Å². The molecule has 0 aromatic carbocycles. The van der Waals surface area contributed by atoms with Gasteiger partial charge in [-0.3, -0.25) is 10.4 Å². The van der Waals surface area contributed by atoms with Crippen LogP contribution in [0.3, 0.4) is 0 Å². The molecule has 6 nitrogen and oxygen atoms in total. The summed E-state index contributed by atoms with van der Waals surface area (Å²) >= 11 is 0. The first kappa shape index (κ1) is 14.4. The van der Waals surface area contributed by atoms with Crippen molar-refractivity contribution in [3.8, 4) is 0 Å². The summed E-state index contributed by atoms with van der Waals surface area (Å²) in [7, 11) is 4.02. The standard InChI is InChI=1S/C12H21N5O/c1-17(2)9-5-8-14-12(18)16-15-10-11-6-3-4-7-13-11/h3-4,6-7,15H,5,8-10H2,1-2H3,(H2,14,16,18). The summed E-state index contributed by atoms with van der Waals surface area (Å²) < 4.78 is 0. The van der Waals surface area contributed by atoms with Gasteiger partial charge in [0.05, 0.1) is 12.2 Å². The maximum Gasteiger partial charge on any atom is 0.329 e. The number of carbonyl (C=O) groups is 1. The molecule has 0 atom stereocenters. The maximum atomic E-state index is 11.4. The van der Waals surface area contributed by atoms with E-state index in [0.29, 0.717) is 13.1 Å². The number of nitrogens with zero attached hydrogens (tertiary/aromatic N) is 2. The highest BCUT2D eigenvalue weighted by Crippen LogP contribution is 1.90. The van der Waals surface area contributed by atoms with Crippen LogP contribution in [0.25, 0.3) is 0 Å². The highest BCUT2D eigenvalue weighted by atomic mass is 16.2. The molecule has 0 saturated carbocycles. The normalized spacial score (nSPS) is 10.4. The van der Waals surface area contributed by atoms with Gasteiger partial charge >= 0.3 is 6.03 Å². The third-order valence-electron chi connectivity index (χ3n) is 2.27. The summed E-state index contributed by atoms with van der Waals surface area (Å²) in [4.78, 5) is 17.6. The predicted octanol–water partition coefficient (Wildman–Crippen LogP) is 0.337. The molecular formula is C12H21N5O. The second kappa shape index (κ2) is 8.43. The largest absolute Gasteiger partial charge is 0.337 e. The molecule has 1 aromatic heterocycles. The van der Waals surface area contributed by atoms with E-state index in [1.807, 2.05) is 32.3 Å². The molecule has 18 heavy (non-hydrogen) atoms. The molecule has 1 rings (SSSR count). The Bertz CT molecular complexity index is 342. The van der Waals surface area contributed by atoms with E-state index >= 15 is 0 Å². The summed E-state index contributed by atoms with van der Waals surface area (Å²) in [6.07, 6.45) is 2.65. The van der Waals surface area contributed by atoms with E-state index in [1.165, 1.54) is 0 Å². The minimum Gasteiger partial charge on any atom is -0.337 e. The van der Waals surface area contributed by atoms with Crippen LogP contribution < -0.4 is 16.2 Å². The topological polar surface area (TPSA) is 69.3 Å². The molecule has 6 heteroatoms. The zero-order chi connectivity index (χ0) is 13.2. The molecule has 0 spiro atoms. The van der Waals surface area contributed by atoms with Crippen molar-refractivity contribution in [3.05, 3.63) is 30.1 Å². The number of amides is 2. The van der Waals surface area contributed by atoms with Gasteiger partial charge in [-0.25, -0.2) is 10.2 Å². The number of pyridine rings is 1. The fourth-order valence-electron chi connectivity index (χ4n) is 1.36. The Morgan fingerprint density at radius 2 is 2.22 bits per heavy atom. The lowest BCUT2D eigenvalue weighted by molar-refractivity contribution is 0.235. The van der Waals surface area contributed by atoms with Gasteiger partial charge in [0, 0.05) is 12.7 Å². The van der Waals surface area contributed by atoms with Crippen LogP contribution >= 0.6 is 0 Å². The maximum absolute atomic E-state index is 11.4. The van der Waals surface area contributed by atoms with Crippen LogP contribution in [0.15, 0.2) is 24.4 Å². The van der Waals surface area contributed by atoms with Gasteiger partial charge in [-0.15, -0.1) is 0 Å². The van der Waals surface area contributed by atoms with E-state index in [9.17, 15) is 4.79 Å². The Balaban J connectivity index is 2.03. The van der Waals surface area contributed by atoms with E-state index in [2.05, 4.69) is 26.1 Å². The summed E-state index contributed by atoms with van der Waals surface area (Å²) in [5.74, 6) is 0. The molecule has 0 unspecified atom stereocenters. The van der Waals surface area contributed by atoms with Gasteiger partial charge in [-0.2, -0.15) is 0 Å². The minimum absolute atomic E-state index is 0.218. The minimum atomic E-state index is -0.218. The first-order valence-corrected chi connectivity index (χ1v) is 6.00. The van der Waals surface area contributed by atoms with Gasteiger partial charge in [0.2, 0.25) is 0 Å². The second-order valence-electron chi connectivity index (χ2n) is 4.21. The molecule has 0 radical (unpaired) electrons. The quantitative estimate of drug-likeness (QED) is 0.483. The van der Waals surface area contributed by atoms with Crippen molar-refractivity contribution in [3.63, 3.8) is 0 Å². The first-order chi connectivity index (χ1) is 8.68. The second-order valence-corrected chi connectivity index (χ2v) is 4.21. The van der Waals surface area contributed by atoms with Crippen LogP contribution in [-0.2, 0) is 6.54 Å². The average molecular weight is 251 g/mol. The van der Waals surface area contributed by atoms with Crippen molar-refractivity contribution < 1.29 is 4.79 Å².